The molecular formula is C12H22. The Bertz CT molecular complexity index is 180. The SMILES string of the molecule is C=C1CC(C)C(C)C1(C)CCC. The van der Waals surface area contributed by atoms with Crippen molar-refractivity contribution in [1.82, 2.24) is 0 Å². The van der Waals surface area contributed by atoms with E-state index in [0.717, 1.165) is 11.8 Å². The fourth-order valence-corrected chi connectivity index (χ4v) is 2.67. The summed E-state index contributed by atoms with van der Waals surface area (Å²) in [6.45, 7) is 13.6. The summed E-state index contributed by atoms with van der Waals surface area (Å²) < 4.78 is 0. The molecule has 0 heterocycles. The minimum atomic E-state index is 0.439. The highest BCUT2D eigenvalue weighted by molar-refractivity contribution is 5.17. The van der Waals surface area contributed by atoms with E-state index >= 15 is 0 Å². The lowest BCUT2D eigenvalue weighted by molar-refractivity contribution is 0.234. The average Bonchev–Trinajstić information content (AvgIpc) is 2.17. The molecule has 0 aromatic rings. The molecule has 0 radical (unpaired) electrons. The van der Waals surface area contributed by atoms with Crippen LogP contribution in [0.25, 0.3) is 0 Å². The van der Waals surface area contributed by atoms with Gasteiger partial charge >= 0.3 is 0 Å². The zero-order valence-corrected chi connectivity index (χ0v) is 8.98. The molecule has 0 spiro atoms. The third kappa shape index (κ3) is 1.32. The molecule has 0 aromatic carbocycles. The van der Waals surface area contributed by atoms with Gasteiger partial charge in [0.15, 0.2) is 0 Å². The van der Waals surface area contributed by atoms with Crippen molar-refractivity contribution >= 4 is 0 Å². The number of hydrogen-bond donors (Lipinski definition) is 0. The molecule has 0 aromatic heterocycles. The zero-order chi connectivity index (χ0) is 9.35. The molecule has 0 amide bonds. The first-order valence-electron chi connectivity index (χ1n) is 5.20. The maximum Gasteiger partial charge on any atom is -0.00908 e. The summed E-state index contributed by atoms with van der Waals surface area (Å²) in [5.74, 6) is 1.67. The van der Waals surface area contributed by atoms with E-state index in [4.69, 9.17) is 0 Å². The lowest BCUT2D eigenvalue weighted by atomic mass is 9.73. The molecule has 0 N–H and O–H groups in total. The second kappa shape index (κ2) is 3.24. The van der Waals surface area contributed by atoms with Crippen LogP contribution in [0, 0.1) is 17.3 Å². The minimum Gasteiger partial charge on any atom is -0.0993 e. The molecule has 0 bridgehead atoms. The maximum absolute atomic E-state index is 4.23. The van der Waals surface area contributed by atoms with E-state index in [-0.39, 0.29) is 0 Å². The van der Waals surface area contributed by atoms with Gasteiger partial charge in [-0.1, -0.05) is 46.3 Å². The van der Waals surface area contributed by atoms with Crippen LogP contribution in [0.5, 0.6) is 0 Å². The van der Waals surface area contributed by atoms with E-state index in [2.05, 4.69) is 34.3 Å². The van der Waals surface area contributed by atoms with E-state index < -0.39 is 0 Å². The molecule has 3 unspecified atom stereocenters. The summed E-state index contributed by atoms with van der Waals surface area (Å²) in [5.41, 5.74) is 1.93. The molecule has 1 aliphatic carbocycles. The van der Waals surface area contributed by atoms with Crippen LogP contribution >= 0.6 is 0 Å². The van der Waals surface area contributed by atoms with Gasteiger partial charge in [0, 0.05) is 0 Å². The van der Waals surface area contributed by atoms with Crippen molar-refractivity contribution in [3.05, 3.63) is 12.2 Å². The highest BCUT2D eigenvalue weighted by Gasteiger charge is 2.42. The standard InChI is InChI=1S/C12H22/c1-6-7-12(5)10(3)8-9(2)11(12)4/h9,11H,3,6-8H2,1-2,4-5H3. The highest BCUT2D eigenvalue weighted by Crippen LogP contribution is 2.52. The largest absolute Gasteiger partial charge is 0.0993 e. The van der Waals surface area contributed by atoms with Crippen LogP contribution in [-0.2, 0) is 0 Å². The Labute approximate surface area is 77.1 Å². The van der Waals surface area contributed by atoms with E-state index in [0.29, 0.717) is 5.41 Å². The molecule has 0 saturated heterocycles. The molecule has 0 heteroatoms. The Morgan fingerprint density at radius 3 is 2.42 bits per heavy atom. The first-order valence-corrected chi connectivity index (χ1v) is 5.20. The van der Waals surface area contributed by atoms with Crippen molar-refractivity contribution < 1.29 is 0 Å². The van der Waals surface area contributed by atoms with Gasteiger partial charge in [0.05, 0.1) is 0 Å². The van der Waals surface area contributed by atoms with E-state index in [1.165, 1.54) is 24.8 Å². The maximum atomic E-state index is 4.23. The third-order valence-electron chi connectivity index (χ3n) is 4.00. The monoisotopic (exact) mass is 166 g/mol. The fourth-order valence-electron chi connectivity index (χ4n) is 2.67. The van der Waals surface area contributed by atoms with Gasteiger partial charge in [0.2, 0.25) is 0 Å². The Kier molecular flexibility index (Phi) is 2.65. The molecule has 12 heavy (non-hydrogen) atoms. The molecule has 1 saturated carbocycles. The minimum absolute atomic E-state index is 0.439. The number of hydrogen-bond acceptors (Lipinski definition) is 0. The smallest absolute Gasteiger partial charge is 0.00908 e. The summed E-state index contributed by atoms with van der Waals surface area (Å²) in [7, 11) is 0. The topological polar surface area (TPSA) is 0 Å². The second-order valence-corrected chi connectivity index (χ2v) is 4.74. The average molecular weight is 166 g/mol. The lowest BCUT2D eigenvalue weighted by Crippen LogP contribution is -2.22. The van der Waals surface area contributed by atoms with Gasteiger partial charge in [-0.2, -0.15) is 0 Å². The summed E-state index contributed by atoms with van der Waals surface area (Å²) in [4.78, 5) is 0. The van der Waals surface area contributed by atoms with Crippen molar-refractivity contribution in [3.63, 3.8) is 0 Å². The summed E-state index contributed by atoms with van der Waals surface area (Å²) >= 11 is 0. The second-order valence-electron chi connectivity index (χ2n) is 4.74. The third-order valence-corrected chi connectivity index (χ3v) is 4.00. The molecule has 1 rings (SSSR count). The predicted octanol–water partition coefficient (Wildman–Crippen LogP) is 4.02. The van der Waals surface area contributed by atoms with Crippen LogP contribution in [0.1, 0.15) is 47.0 Å². The summed E-state index contributed by atoms with van der Waals surface area (Å²) in [5, 5.41) is 0. The van der Waals surface area contributed by atoms with Crippen molar-refractivity contribution in [1.29, 1.82) is 0 Å². The van der Waals surface area contributed by atoms with Gasteiger partial charge in [-0.3, -0.25) is 0 Å². The van der Waals surface area contributed by atoms with Gasteiger partial charge in [-0.15, -0.1) is 0 Å². The summed E-state index contributed by atoms with van der Waals surface area (Å²) in [6, 6.07) is 0. The van der Waals surface area contributed by atoms with Crippen LogP contribution in [0.15, 0.2) is 12.2 Å². The Morgan fingerprint density at radius 1 is 1.50 bits per heavy atom. The van der Waals surface area contributed by atoms with E-state index in [1.54, 1.807) is 0 Å². The molecule has 0 nitrogen and oxygen atoms in total. The van der Waals surface area contributed by atoms with Crippen LogP contribution in [0.3, 0.4) is 0 Å². The van der Waals surface area contributed by atoms with Gasteiger partial charge in [0.25, 0.3) is 0 Å². The van der Waals surface area contributed by atoms with Gasteiger partial charge in [0.1, 0.15) is 0 Å². The normalized spacial score (nSPS) is 42.2. The number of rotatable bonds is 2. The highest BCUT2D eigenvalue weighted by atomic mass is 14.5. The van der Waals surface area contributed by atoms with Crippen LogP contribution in [0.4, 0.5) is 0 Å². The van der Waals surface area contributed by atoms with E-state index in [9.17, 15) is 0 Å². The Balaban J connectivity index is 2.80. The Hall–Kier alpha value is -0.260. The van der Waals surface area contributed by atoms with Crippen LogP contribution in [-0.4, -0.2) is 0 Å². The van der Waals surface area contributed by atoms with Crippen LogP contribution in [0.2, 0.25) is 0 Å². The van der Waals surface area contributed by atoms with Crippen molar-refractivity contribution in [3.8, 4) is 0 Å². The molecular weight excluding hydrogens is 144 g/mol. The molecule has 3 atom stereocenters. The lowest BCUT2D eigenvalue weighted by Gasteiger charge is -2.31. The Morgan fingerprint density at radius 2 is 2.08 bits per heavy atom. The molecule has 1 fully saturated rings. The summed E-state index contributed by atoms with van der Waals surface area (Å²) in [6.07, 6.45) is 3.85. The fraction of sp³-hybridized carbons (Fsp3) is 0.833. The van der Waals surface area contributed by atoms with Gasteiger partial charge < -0.3 is 0 Å². The molecule has 0 aliphatic heterocycles. The first-order chi connectivity index (χ1) is 5.52. The number of allylic oxidation sites excluding steroid dienone is 1. The van der Waals surface area contributed by atoms with Gasteiger partial charge in [-0.25, -0.2) is 0 Å². The van der Waals surface area contributed by atoms with Crippen molar-refractivity contribution in [2.75, 3.05) is 0 Å². The first kappa shape index (κ1) is 9.83. The van der Waals surface area contributed by atoms with E-state index in [1.807, 2.05) is 0 Å². The van der Waals surface area contributed by atoms with Crippen molar-refractivity contribution in [2.24, 2.45) is 17.3 Å². The molecule has 1 aliphatic rings. The van der Waals surface area contributed by atoms with Gasteiger partial charge in [-0.05, 0) is 30.1 Å². The van der Waals surface area contributed by atoms with Crippen molar-refractivity contribution in [2.45, 2.75) is 47.0 Å². The predicted molar refractivity (Wildman–Crippen MR) is 55.1 cm³/mol. The zero-order valence-electron chi connectivity index (χ0n) is 8.98. The molecule has 70 valence electrons. The van der Waals surface area contributed by atoms with Crippen LogP contribution < -0.4 is 0 Å². The quantitative estimate of drug-likeness (QED) is 0.543.